The topological polar surface area (TPSA) is 46.4 Å². The molecule has 6 heteroatoms. The molecule has 4 nitrogen and oxygen atoms in total. The minimum Gasteiger partial charge on any atom is -0.320 e. The number of aryl methyl sites for hydroxylation is 1. The van der Waals surface area contributed by atoms with Crippen molar-refractivity contribution >= 4 is 39.5 Å². The Kier molecular flexibility index (Phi) is 4.03. The van der Waals surface area contributed by atoms with Crippen LogP contribution in [-0.4, -0.2) is 15.3 Å². The Balaban J connectivity index is 1.67. The molecule has 4 rings (SSSR count). The van der Waals surface area contributed by atoms with Gasteiger partial charge >= 0.3 is 0 Å². The number of nitrogens with zero attached hydrogens (tertiary/aromatic N) is 2. The standard InChI is InChI=1S/C19H14ClN3OS/c1-12-17(18(24)21-15-10-6-5-9-14(15)20)25-19-22-16(11-23(12)19)13-7-3-2-4-8-13/h2-11H,1H3,(H,21,24). The lowest BCUT2D eigenvalue weighted by atomic mass is 10.2. The SMILES string of the molecule is Cc1c(C(=O)Nc2ccccc2Cl)sc2nc(-c3ccccc3)cn12. The molecule has 2 heterocycles. The van der Waals surface area contributed by atoms with E-state index in [4.69, 9.17) is 11.6 Å². The van der Waals surface area contributed by atoms with Crippen molar-refractivity contribution in [3.63, 3.8) is 0 Å². The van der Waals surface area contributed by atoms with Crippen molar-refractivity contribution in [1.29, 1.82) is 0 Å². The summed E-state index contributed by atoms with van der Waals surface area (Å²) < 4.78 is 1.95. The minimum absolute atomic E-state index is 0.178. The van der Waals surface area contributed by atoms with Gasteiger partial charge in [0, 0.05) is 17.5 Å². The number of carbonyl (C=O) groups is 1. The molecule has 2 aromatic carbocycles. The molecule has 4 aromatic rings. The molecule has 2 aromatic heterocycles. The number of hydrogen-bond donors (Lipinski definition) is 1. The molecular formula is C19H14ClN3OS. The number of amides is 1. The molecule has 0 saturated carbocycles. The summed E-state index contributed by atoms with van der Waals surface area (Å²) >= 11 is 7.48. The third-order valence-corrected chi connectivity index (χ3v) is 5.44. The summed E-state index contributed by atoms with van der Waals surface area (Å²) in [5, 5.41) is 3.38. The molecule has 0 bridgehead atoms. The molecule has 0 fully saturated rings. The second-order valence-corrected chi connectivity index (χ2v) is 6.98. The van der Waals surface area contributed by atoms with E-state index in [1.54, 1.807) is 12.1 Å². The van der Waals surface area contributed by atoms with Crippen LogP contribution in [0.15, 0.2) is 60.8 Å². The maximum Gasteiger partial charge on any atom is 0.267 e. The molecule has 0 aliphatic carbocycles. The van der Waals surface area contributed by atoms with Crippen LogP contribution in [0.3, 0.4) is 0 Å². The van der Waals surface area contributed by atoms with Crippen molar-refractivity contribution in [3.8, 4) is 11.3 Å². The molecule has 0 radical (unpaired) electrons. The number of nitrogens with one attached hydrogen (secondary N) is 1. The molecule has 0 saturated heterocycles. The van der Waals surface area contributed by atoms with E-state index in [0.717, 1.165) is 21.9 Å². The molecule has 1 N–H and O–H groups in total. The quantitative estimate of drug-likeness (QED) is 0.535. The van der Waals surface area contributed by atoms with Crippen LogP contribution in [0.25, 0.3) is 16.2 Å². The lowest BCUT2D eigenvalue weighted by molar-refractivity contribution is 0.102. The average Bonchev–Trinajstić information content (AvgIpc) is 3.17. The zero-order valence-corrected chi connectivity index (χ0v) is 14.9. The van der Waals surface area contributed by atoms with Crippen LogP contribution in [0.2, 0.25) is 5.02 Å². The summed E-state index contributed by atoms with van der Waals surface area (Å²) in [7, 11) is 0. The largest absolute Gasteiger partial charge is 0.320 e. The van der Waals surface area contributed by atoms with Gasteiger partial charge in [-0.25, -0.2) is 4.98 Å². The third kappa shape index (κ3) is 2.92. The number of halogens is 1. The van der Waals surface area contributed by atoms with Gasteiger partial charge in [0.05, 0.1) is 16.4 Å². The monoisotopic (exact) mass is 367 g/mol. The first-order valence-corrected chi connectivity index (χ1v) is 8.93. The van der Waals surface area contributed by atoms with E-state index in [1.807, 2.05) is 60.0 Å². The maximum atomic E-state index is 12.6. The van der Waals surface area contributed by atoms with Crippen LogP contribution < -0.4 is 5.32 Å². The van der Waals surface area contributed by atoms with Crippen molar-refractivity contribution in [2.75, 3.05) is 5.32 Å². The van der Waals surface area contributed by atoms with Crippen molar-refractivity contribution in [2.45, 2.75) is 6.92 Å². The first-order chi connectivity index (χ1) is 12.1. The lowest BCUT2D eigenvalue weighted by Gasteiger charge is -2.06. The highest BCUT2D eigenvalue weighted by atomic mass is 35.5. The number of benzene rings is 2. The fraction of sp³-hybridized carbons (Fsp3) is 0.0526. The van der Waals surface area contributed by atoms with E-state index in [2.05, 4.69) is 10.3 Å². The lowest BCUT2D eigenvalue weighted by Crippen LogP contribution is -2.12. The molecule has 0 spiro atoms. The summed E-state index contributed by atoms with van der Waals surface area (Å²) in [6, 6.07) is 17.2. The molecule has 0 aliphatic rings. The normalized spacial score (nSPS) is 11.0. The number of thiazole rings is 1. The Bertz CT molecular complexity index is 1070. The van der Waals surface area contributed by atoms with E-state index >= 15 is 0 Å². The number of hydrogen-bond acceptors (Lipinski definition) is 3. The second kappa shape index (κ2) is 6.35. The predicted molar refractivity (Wildman–Crippen MR) is 103 cm³/mol. The second-order valence-electron chi connectivity index (χ2n) is 5.60. The number of para-hydroxylation sites is 1. The molecule has 0 unspecified atom stereocenters. The van der Waals surface area contributed by atoms with Gasteiger partial charge in [0.25, 0.3) is 5.91 Å². The number of rotatable bonds is 3. The van der Waals surface area contributed by atoms with Gasteiger partial charge < -0.3 is 5.32 Å². The first-order valence-electron chi connectivity index (χ1n) is 7.73. The maximum absolute atomic E-state index is 12.6. The molecule has 124 valence electrons. The summed E-state index contributed by atoms with van der Waals surface area (Å²) in [6.45, 7) is 1.92. The van der Waals surface area contributed by atoms with Crippen LogP contribution in [-0.2, 0) is 0 Å². The summed E-state index contributed by atoms with van der Waals surface area (Å²) in [5.41, 5.74) is 3.41. The van der Waals surface area contributed by atoms with E-state index in [-0.39, 0.29) is 5.91 Å². The molecule has 0 aliphatic heterocycles. The van der Waals surface area contributed by atoms with Gasteiger partial charge in [-0.2, -0.15) is 0 Å². The fourth-order valence-corrected chi connectivity index (χ4v) is 3.84. The smallest absolute Gasteiger partial charge is 0.267 e. The van der Waals surface area contributed by atoms with E-state index in [0.29, 0.717) is 15.6 Å². The van der Waals surface area contributed by atoms with Crippen molar-refractivity contribution in [3.05, 3.63) is 76.4 Å². The Morgan fingerprint density at radius 3 is 2.56 bits per heavy atom. The molecular weight excluding hydrogens is 354 g/mol. The van der Waals surface area contributed by atoms with Gasteiger partial charge in [-0.3, -0.25) is 9.20 Å². The highest BCUT2D eigenvalue weighted by molar-refractivity contribution is 7.19. The number of fused-ring (bicyclic) bond motifs is 1. The van der Waals surface area contributed by atoms with E-state index < -0.39 is 0 Å². The summed E-state index contributed by atoms with van der Waals surface area (Å²) in [5.74, 6) is -0.178. The Hall–Kier alpha value is -2.63. The van der Waals surface area contributed by atoms with Gasteiger partial charge in [-0.05, 0) is 19.1 Å². The van der Waals surface area contributed by atoms with Crippen LogP contribution >= 0.6 is 22.9 Å². The third-order valence-electron chi connectivity index (χ3n) is 3.95. The highest BCUT2D eigenvalue weighted by Crippen LogP contribution is 2.28. The van der Waals surface area contributed by atoms with Crippen LogP contribution in [0.1, 0.15) is 15.4 Å². The van der Waals surface area contributed by atoms with Gasteiger partial charge in [0.1, 0.15) is 4.88 Å². The van der Waals surface area contributed by atoms with Crippen LogP contribution in [0.5, 0.6) is 0 Å². The Morgan fingerprint density at radius 2 is 1.84 bits per heavy atom. The van der Waals surface area contributed by atoms with Crippen molar-refractivity contribution in [2.24, 2.45) is 0 Å². The zero-order chi connectivity index (χ0) is 17.4. The van der Waals surface area contributed by atoms with Crippen LogP contribution in [0.4, 0.5) is 5.69 Å². The molecule has 1 amide bonds. The van der Waals surface area contributed by atoms with Crippen molar-refractivity contribution < 1.29 is 4.79 Å². The number of aromatic nitrogens is 2. The van der Waals surface area contributed by atoms with Gasteiger partial charge in [-0.15, -0.1) is 0 Å². The van der Waals surface area contributed by atoms with Gasteiger partial charge in [-0.1, -0.05) is 65.4 Å². The highest BCUT2D eigenvalue weighted by Gasteiger charge is 2.18. The predicted octanol–water partition coefficient (Wildman–Crippen LogP) is 5.28. The van der Waals surface area contributed by atoms with Gasteiger partial charge in [0.2, 0.25) is 0 Å². The van der Waals surface area contributed by atoms with Crippen molar-refractivity contribution in [1.82, 2.24) is 9.38 Å². The van der Waals surface area contributed by atoms with Crippen LogP contribution in [0, 0.1) is 6.92 Å². The zero-order valence-electron chi connectivity index (χ0n) is 13.4. The number of anilines is 1. The number of imidazole rings is 1. The summed E-state index contributed by atoms with van der Waals surface area (Å²) in [6.07, 6.45) is 1.96. The summed E-state index contributed by atoms with van der Waals surface area (Å²) in [4.78, 5) is 18.7. The van der Waals surface area contributed by atoms with E-state index in [9.17, 15) is 4.79 Å². The molecule has 0 atom stereocenters. The average molecular weight is 368 g/mol. The first kappa shape index (κ1) is 15.9. The van der Waals surface area contributed by atoms with E-state index in [1.165, 1.54) is 11.3 Å². The fourth-order valence-electron chi connectivity index (χ4n) is 2.65. The Labute approximate surface area is 153 Å². The minimum atomic E-state index is -0.178. The molecule has 25 heavy (non-hydrogen) atoms. The Morgan fingerprint density at radius 1 is 1.12 bits per heavy atom. The number of carbonyl (C=O) groups excluding carboxylic acids is 1. The van der Waals surface area contributed by atoms with Gasteiger partial charge in [0.15, 0.2) is 4.96 Å².